The molecule has 1 unspecified atom stereocenters. The molecule has 0 aliphatic rings. The Morgan fingerprint density at radius 2 is 2.21 bits per heavy atom. The highest BCUT2D eigenvalue weighted by Gasteiger charge is 2.12. The molecule has 2 aromatic rings. The predicted octanol–water partition coefficient (Wildman–Crippen LogP) is 2.82. The van der Waals surface area contributed by atoms with E-state index in [9.17, 15) is 4.79 Å². The first-order chi connectivity index (χ1) is 9.02. The molecule has 0 fully saturated rings. The first-order valence-corrected chi connectivity index (χ1v) is 6.29. The van der Waals surface area contributed by atoms with Crippen LogP contribution in [0.25, 0.3) is 10.9 Å². The summed E-state index contributed by atoms with van der Waals surface area (Å²) in [5.74, 6) is -0.136. The van der Waals surface area contributed by atoms with Crippen molar-refractivity contribution in [2.24, 2.45) is 0 Å². The van der Waals surface area contributed by atoms with E-state index in [0.29, 0.717) is 12.0 Å². The number of benzene rings is 1. The molecule has 1 heterocycles. The van der Waals surface area contributed by atoms with Crippen molar-refractivity contribution in [3.8, 4) is 6.07 Å². The number of aromatic nitrogens is 1. The average molecular weight is 255 g/mol. The molecule has 4 heteroatoms. The smallest absolute Gasteiger partial charge is 0.251 e. The topological polar surface area (TPSA) is 68.7 Å². The molecule has 0 saturated carbocycles. The molecule has 1 aromatic heterocycles. The van der Waals surface area contributed by atoms with Crippen molar-refractivity contribution >= 4 is 16.8 Å². The van der Waals surface area contributed by atoms with E-state index in [-0.39, 0.29) is 11.9 Å². The van der Waals surface area contributed by atoms with Gasteiger partial charge in [0.15, 0.2) is 0 Å². The molecule has 19 heavy (non-hydrogen) atoms. The Kier molecular flexibility index (Phi) is 3.57. The standard InChI is InChI=1S/C15H17N3O/c1-9(6-7-16)17-15(19)12-4-5-14-13(8-12)10(2)11(3)18-14/h4-5,8-9,18H,6H2,1-3H3,(H,17,19). The minimum Gasteiger partial charge on any atom is -0.358 e. The van der Waals surface area contributed by atoms with E-state index in [1.165, 1.54) is 0 Å². The van der Waals surface area contributed by atoms with Crippen LogP contribution < -0.4 is 5.32 Å². The molecule has 4 nitrogen and oxygen atoms in total. The second-order valence-corrected chi connectivity index (χ2v) is 4.87. The Hall–Kier alpha value is -2.28. The number of nitriles is 1. The van der Waals surface area contributed by atoms with Crippen molar-refractivity contribution in [2.75, 3.05) is 0 Å². The summed E-state index contributed by atoms with van der Waals surface area (Å²) >= 11 is 0. The normalized spacial score (nSPS) is 12.1. The lowest BCUT2D eigenvalue weighted by molar-refractivity contribution is 0.0941. The first kappa shape index (κ1) is 13.2. The number of aryl methyl sites for hydroxylation is 2. The van der Waals surface area contributed by atoms with Crippen molar-refractivity contribution in [2.45, 2.75) is 33.2 Å². The molecule has 1 aromatic carbocycles. The maximum atomic E-state index is 12.1. The maximum Gasteiger partial charge on any atom is 0.251 e. The molecule has 0 saturated heterocycles. The van der Waals surface area contributed by atoms with E-state index in [1.807, 2.05) is 39.0 Å². The van der Waals surface area contributed by atoms with Crippen molar-refractivity contribution in [1.29, 1.82) is 5.26 Å². The van der Waals surface area contributed by atoms with Crippen molar-refractivity contribution < 1.29 is 4.79 Å². The Labute approximate surface area is 112 Å². The monoisotopic (exact) mass is 255 g/mol. The Morgan fingerprint density at radius 1 is 1.47 bits per heavy atom. The van der Waals surface area contributed by atoms with Gasteiger partial charge in [0.1, 0.15) is 0 Å². The number of amides is 1. The van der Waals surface area contributed by atoms with Crippen LogP contribution in [0, 0.1) is 25.2 Å². The third-order valence-corrected chi connectivity index (χ3v) is 3.35. The minimum absolute atomic E-state index is 0.136. The van der Waals surface area contributed by atoms with Crippen molar-refractivity contribution in [1.82, 2.24) is 10.3 Å². The van der Waals surface area contributed by atoms with Gasteiger partial charge in [0.2, 0.25) is 0 Å². The number of nitrogens with one attached hydrogen (secondary N) is 2. The van der Waals surface area contributed by atoms with Crippen molar-refractivity contribution in [3.63, 3.8) is 0 Å². The number of H-pyrrole nitrogens is 1. The van der Waals surface area contributed by atoms with Crippen LogP contribution in [0.3, 0.4) is 0 Å². The first-order valence-electron chi connectivity index (χ1n) is 6.29. The number of hydrogen-bond donors (Lipinski definition) is 2. The van der Waals surface area contributed by atoms with Gasteiger partial charge in [0.05, 0.1) is 12.5 Å². The summed E-state index contributed by atoms with van der Waals surface area (Å²) in [5.41, 5.74) is 3.94. The molecule has 0 bridgehead atoms. The third-order valence-electron chi connectivity index (χ3n) is 3.35. The SMILES string of the molecule is Cc1[nH]c2ccc(C(=O)NC(C)CC#N)cc2c1C. The Bertz CT molecular complexity index is 664. The minimum atomic E-state index is -0.137. The van der Waals surface area contributed by atoms with E-state index in [4.69, 9.17) is 5.26 Å². The highest BCUT2D eigenvalue weighted by atomic mass is 16.1. The van der Waals surface area contributed by atoms with Crippen LogP contribution in [0.1, 0.15) is 35.0 Å². The van der Waals surface area contributed by atoms with Gasteiger partial charge in [-0.3, -0.25) is 4.79 Å². The van der Waals surface area contributed by atoms with E-state index in [1.54, 1.807) is 6.07 Å². The summed E-state index contributed by atoms with van der Waals surface area (Å²) in [4.78, 5) is 15.3. The second kappa shape index (κ2) is 5.15. The highest BCUT2D eigenvalue weighted by molar-refractivity contribution is 5.99. The number of fused-ring (bicyclic) bond motifs is 1. The molecule has 0 radical (unpaired) electrons. The summed E-state index contributed by atoms with van der Waals surface area (Å²) in [6, 6.07) is 7.51. The van der Waals surface area contributed by atoms with Gasteiger partial charge >= 0.3 is 0 Å². The largest absolute Gasteiger partial charge is 0.358 e. The highest BCUT2D eigenvalue weighted by Crippen LogP contribution is 2.22. The van der Waals surface area contributed by atoms with Crippen LogP contribution >= 0.6 is 0 Å². The van der Waals surface area contributed by atoms with E-state index in [0.717, 1.165) is 22.2 Å². The van der Waals surface area contributed by atoms with Gasteiger partial charge in [-0.05, 0) is 44.5 Å². The zero-order chi connectivity index (χ0) is 14.0. The third kappa shape index (κ3) is 2.60. The number of rotatable bonds is 3. The number of hydrogen-bond acceptors (Lipinski definition) is 2. The second-order valence-electron chi connectivity index (χ2n) is 4.87. The van der Waals surface area contributed by atoms with Gasteiger partial charge in [-0.15, -0.1) is 0 Å². The van der Waals surface area contributed by atoms with E-state index >= 15 is 0 Å². The van der Waals surface area contributed by atoms with Gasteiger partial charge in [-0.1, -0.05) is 0 Å². The van der Waals surface area contributed by atoms with Crippen LogP contribution in [0.4, 0.5) is 0 Å². The summed E-state index contributed by atoms with van der Waals surface area (Å²) in [6.45, 7) is 5.88. The van der Waals surface area contributed by atoms with Gasteiger partial charge < -0.3 is 10.3 Å². The number of carbonyl (C=O) groups is 1. The maximum absolute atomic E-state index is 12.1. The fourth-order valence-electron chi connectivity index (χ4n) is 2.10. The lowest BCUT2D eigenvalue weighted by Gasteiger charge is -2.10. The molecular formula is C15H17N3O. The molecule has 0 aliphatic carbocycles. The molecule has 2 rings (SSSR count). The fourth-order valence-corrected chi connectivity index (χ4v) is 2.10. The zero-order valence-electron chi connectivity index (χ0n) is 11.4. The van der Waals surface area contributed by atoms with Crippen LogP contribution in [0.15, 0.2) is 18.2 Å². The summed E-state index contributed by atoms with van der Waals surface area (Å²) in [5, 5.41) is 12.5. The average Bonchev–Trinajstić information content (AvgIpc) is 2.65. The number of aromatic amines is 1. The summed E-state index contributed by atoms with van der Waals surface area (Å²) in [6.07, 6.45) is 0.316. The van der Waals surface area contributed by atoms with E-state index in [2.05, 4.69) is 10.3 Å². The van der Waals surface area contributed by atoms with Gasteiger partial charge in [-0.25, -0.2) is 0 Å². The predicted molar refractivity (Wildman–Crippen MR) is 74.9 cm³/mol. The lowest BCUT2D eigenvalue weighted by atomic mass is 10.1. The Balaban J connectivity index is 2.28. The molecule has 1 amide bonds. The van der Waals surface area contributed by atoms with Gasteiger partial charge in [0.25, 0.3) is 5.91 Å². The summed E-state index contributed by atoms with van der Waals surface area (Å²) < 4.78 is 0. The molecule has 1 atom stereocenters. The molecule has 0 spiro atoms. The quantitative estimate of drug-likeness (QED) is 0.885. The number of carbonyl (C=O) groups excluding carboxylic acids is 1. The molecule has 0 aliphatic heterocycles. The molecule has 2 N–H and O–H groups in total. The molecular weight excluding hydrogens is 238 g/mol. The van der Waals surface area contributed by atoms with Crippen LogP contribution in [0.2, 0.25) is 0 Å². The Morgan fingerprint density at radius 3 is 2.89 bits per heavy atom. The van der Waals surface area contributed by atoms with Crippen molar-refractivity contribution in [3.05, 3.63) is 35.0 Å². The van der Waals surface area contributed by atoms with Crippen LogP contribution in [0.5, 0.6) is 0 Å². The van der Waals surface area contributed by atoms with Crippen LogP contribution in [-0.2, 0) is 0 Å². The van der Waals surface area contributed by atoms with Crippen LogP contribution in [-0.4, -0.2) is 16.9 Å². The molecule has 98 valence electrons. The number of nitrogens with zero attached hydrogens (tertiary/aromatic N) is 1. The fraction of sp³-hybridized carbons (Fsp3) is 0.333. The van der Waals surface area contributed by atoms with E-state index < -0.39 is 0 Å². The lowest BCUT2D eigenvalue weighted by Crippen LogP contribution is -2.32. The van der Waals surface area contributed by atoms with Gasteiger partial charge in [0, 0.05) is 28.2 Å². The zero-order valence-corrected chi connectivity index (χ0v) is 11.4. The summed E-state index contributed by atoms with van der Waals surface area (Å²) in [7, 11) is 0. The van der Waals surface area contributed by atoms with Gasteiger partial charge in [-0.2, -0.15) is 5.26 Å².